The van der Waals surface area contributed by atoms with Crippen LogP contribution < -0.4 is 11.1 Å². The van der Waals surface area contributed by atoms with Crippen LogP contribution in [0.2, 0.25) is 0 Å². The van der Waals surface area contributed by atoms with Gasteiger partial charge in [-0.15, -0.1) is 0 Å². The van der Waals surface area contributed by atoms with E-state index in [0.717, 1.165) is 0 Å². The lowest BCUT2D eigenvalue weighted by Crippen LogP contribution is -2.42. The van der Waals surface area contributed by atoms with Crippen molar-refractivity contribution in [2.45, 2.75) is 25.8 Å². The van der Waals surface area contributed by atoms with Gasteiger partial charge in [-0.05, 0) is 17.7 Å². The molecule has 0 bridgehead atoms. The molecule has 0 aliphatic heterocycles. The topological polar surface area (TPSA) is 109 Å². The highest BCUT2D eigenvalue weighted by molar-refractivity contribution is 5.93. The molecule has 0 fully saturated rings. The fraction of sp³-hybridized carbons (Fsp3) is 0.308. The van der Waals surface area contributed by atoms with Crippen molar-refractivity contribution < 1.29 is 19.5 Å². The van der Waals surface area contributed by atoms with Crippen LogP contribution in [0.3, 0.4) is 0 Å². The van der Waals surface area contributed by atoms with Gasteiger partial charge >= 0.3 is 5.97 Å². The van der Waals surface area contributed by atoms with Gasteiger partial charge in [0, 0.05) is 18.4 Å². The number of hydrogen-bond acceptors (Lipinski definition) is 3. The molecule has 0 aliphatic carbocycles. The predicted molar refractivity (Wildman–Crippen MR) is 68.5 cm³/mol. The molecule has 1 atom stereocenters. The molecule has 0 aromatic heterocycles. The summed E-state index contributed by atoms with van der Waals surface area (Å²) in [4.78, 5) is 33.3. The molecule has 19 heavy (non-hydrogen) atoms. The summed E-state index contributed by atoms with van der Waals surface area (Å²) in [6.45, 7) is 1.64. The summed E-state index contributed by atoms with van der Waals surface area (Å²) in [5, 5.41) is 11.5. The van der Waals surface area contributed by atoms with E-state index in [1.165, 1.54) is 6.07 Å². The molecule has 1 unspecified atom stereocenters. The quantitative estimate of drug-likeness (QED) is 0.686. The van der Waals surface area contributed by atoms with E-state index < -0.39 is 17.9 Å². The van der Waals surface area contributed by atoms with Crippen LogP contribution >= 0.6 is 0 Å². The molecule has 1 aromatic carbocycles. The number of benzene rings is 1. The largest absolute Gasteiger partial charge is 0.480 e. The molecule has 0 radical (unpaired) electrons. The van der Waals surface area contributed by atoms with Crippen LogP contribution in [0.1, 0.15) is 29.3 Å². The molecular formula is C13H16N2O4. The Hall–Kier alpha value is -2.37. The first-order chi connectivity index (χ1) is 8.93. The van der Waals surface area contributed by atoms with Gasteiger partial charge in [-0.3, -0.25) is 9.59 Å². The van der Waals surface area contributed by atoms with Crippen molar-refractivity contribution in [3.63, 3.8) is 0 Å². The number of primary amides is 1. The molecule has 1 rings (SSSR count). The Morgan fingerprint density at radius 1 is 1.37 bits per heavy atom. The van der Waals surface area contributed by atoms with Gasteiger partial charge in [0.15, 0.2) is 0 Å². The fourth-order valence-electron chi connectivity index (χ4n) is 1.58. The maximum atomic E-state index is 11.2. The predicted octanol–water partition coefficient (Wildman–Crippen LogP) is 0.307. The Bertz CT molecular complexity index is 499. The average Bonchev–Trinajstić information content (AvgIpc) is 2.37. The van der Waals surface area contributed by atoms with Crippen LogP contribution in [0.5, 0.6) is 0 Å². The lowest BCUT2D eigenvalue weighted by Gasteiger charge is -2.14. The van der Waals surface area contributed by atoms with Crippen LogP contribution in [0, 0.1) is 0 Å². The van der Waals surface area contributed by atoms with Crippen molar-refractivity contribution in [3.8, 4) is 0 Å². The first-order valence-corrected chi connectivity index (χ1v) is 5.85. The highest BCUT2D eigenvalue weighted by Gasteiger charge is 2.19. The van der Waals surface area contributed by atoms with Gasteiger partial charge in [0.25, 0.3) is 0 Å². The summed E-state index contributed by atoms with van der Waals surface area (Å²) in [5.74, 6) is -2.03. The number of aliphatic carboxylic acids is 1. The number of carboxylic acid groups (broad SMARTS) is 1. The van der Waals surface area contributed by atoms with Crippen molar-refractivity contribution in [2.24, 2.45) is 5.73 Å². The number of rotatable bonds is 6. The van der Waals surface area contributed by atoms with Crippen LogP contribution in [-0.4, -0.2) is 28.9 Å². The van der Waals surface area contributed by atoms with Crippen LogP contribution in [-0.2, 0) is 16.0 Å². The van der Waals surface area contributed by atoms with E-state index in [1.807, 2.05) is 0 Å². The summed E-state index contributed by atoms with van der Waals surface area (Å²) < 4.78 is 0. The van der Waals surface area contributed by atoms with Gasteiger partial charge < -0.3 is 16.2 Å². The van der Waals surface area contributed by atoms with E-state index >= 15 is 0 Å². The summed E-state index contributed by atoms with van der Waals surface area (Å²) in [5.41, 5.74) is 6.08. The number of carboxylic acids is 1. The van der Waals surface area contributed by atoms with Gasteiger partial charge in [0.05, 0.1) is 0 Å². The summed E-state index contributed by atoms with van der Waals surface area (Å²) in [6, 6.07) is 5.36. The van der Waals surface area contributed by atoms with E-state index in [4.69, 9.17) is 10.8 Å². The minimum Gasteiger partial charge on any atom is -0.480 e. The Kier molecular flexibility index (Phi) is 5.05. The molecular weight excluding hydrogens is 248 g/mol. The lowest BCUT2D eigenvalue weighted by molar-refractivity contribution is -0.141. The van der Waals surface area contributed by atoms with E-state index in [9.17, 15) is 14.4 Å². The number of carbonyl (C=O) groups excluding carboxylic acids is 2. The van der Waals surface area contributed by atoms with Crippen molar-refractivity contribution in [1.29, 1.82) is 0 Å². The second-order valence-corrected chi connectivity index (χ2v) is 4.08. The third-order valence-corrected chi connectivity index (χ3v) is 2.61. The van der Waals surface area contributed by atoms with Gasteiger partial charge in [-0.1, -0.05) is 19.1 Å². The molecule has 0 saturated heterocycles. The van der Waals surface area contributed by atoms with Crippen molar-refractivity contribution in [2.75, 3.05) is 0 Å². The Balaban J connectivity index is 2.84. The Labute approximate surface area is 110 Å². The molecule has 6 nitrogen and oxygen atoms in total. The molecule has 0 spiro atoms. The number of hydrogen-bond donors (Lipinski definition) is 3. The zero-order chi connectivity index (χ0) is 14.4. The number of nitrogens with one attached hydrogen (secondary N) is 1. The summed E-state index contributed by atoms with van der Waals surface area (Å²) >= 11 is 0. The van der Waals surface area contributed by atoms with E-state index in [1.54, 1.807) is 25.1 Å². The van der Waals surface area contributed by atoms with Crippen LogP contribution in [0.4, 0.5) is 0 Å². The maximum Gasteiger partial charge on any atom is 0.326 e. The first-order valence-electron chi connectivity index (χ1n) is 5.85. The van der Waals surface area contributed by atoms with Gasteiger partial charge in [-0.2, -0.15) is 0 Å². The fourth-order valence-corrected chi connectivity index (χ4v) is 1.58. The zero-order valence-electron chi connectivity index (χ0n) is 10.6. The van der Waals surface area contributed by atoms with Crippen molar-refractivity contribution in [3.05, 3.63) is 35.4 Å². The van der Waals surface area contributed by atoms with Gasteiger partial charge in [0.1, 0.15) is 6.04 Å². The van der Waals surface area contributed by atoms with Crippen molar-refractivity contribution in [1.82, 2.24) is 5.32 Å². The van der Waals surface area contributed by atoms with Crippen LogP contribution in [0.25, 0.3) is 0 Å². The highest BCUT2D eigenvalue weighted by Crippen LogP contribution is 2.08. The Morgan fingerprint density at radius 2 is 2.05 bits per heavy atom. The molecule has 4 N–H and O–H groups in total. The zero-order valence-corrected chi connectivity index (χ0v) is 10.6. The average molecular weight is 264 g/mol. The second-order valence-electron chi connectivity index (χ2n) is 4.08. The van der Waals surface area contributed by atoms with E-state index in [2.05, 4.69) is 5.32 Å². The normalized spacial score (nSPS) is 11.6. The van der Waals surface area contributed by atoms with Crippen LogP contribution in [0.15, 0.2) is 24.3 Å². The number of amides is 2. The first kappa shape index (κ1) is 14.7. The molecule has 1 aromatic rings. The van der Waals surface area contributed by atoms with Crippen molar-refractivity contribution >= 4 is 17.8 Å². The molecule has 0 saturated carbocycles. The third-order valence-electron chi connectivity index (χ3n) is 2.61. The van der Waals surface area contributed by atoms with E-state index in [0.29, 0.717) is 11.1 Å². The molecule has 0 heterocycles. The molecule has 6 heteroatoms. The minimum atomic E-state index is -1.12. The summed E-state index contributed by atoms with van der Waals surface area (Å²) in [7, 11) is 0. The molecule has 2 amide bonds. The molecule has 102 valence electrons. The van der Waals surface area contributed by atoms with Gasteiger partial charge in [0.2, 0.25) is 11.8 Å². The highest BCUT2D eigenvalue weighted by atomic mass is 16.4. The maximum absolute atomic E-state index is 11.2. The van der Waals surface area contributed by atoms with Gasteiger partial charge in [-0.25, -0.2) is 4.79 Å². The summed E-state index contributed by atoms with van der Waals surface area (Å²) in [6.07, 6.45) is 0.313. The Morgan fingerprint density at radius 3 is 2.58 bits per heavy atom. The monoisotopic (exact) mass is 264 g/mol. The standard InChI is InChI=1S/C13H16N2O4/c1-2-11(16)15-10(13(18)19)7-8-4-3-5-9(6-8)12(14)17/h3-6,10H,2,7H2,1H3,(H2,14,17)(H,15,16)(H,18,19). The second kappa shape index (κ2) is 6.53. The number of carbonyl (C=O) groups is 3. The minimum absolute atomic E-state index is 0.0994. The smallest absolute Gasteiger partial charge is 0.326 e. The number of nitrogens with two attached hydrogens (primary N) is 1. The SMILES string of the molecule is CCC(=O)NC(Cc1cccc(C(N)=O)c1)C(=O)O. The van der Waals surface area contributed by atoms with E-state index in [-0.39, 0.29) is 18.7 Å². The molecule has 0 aliphatic rings. The lowest BCUT2D eigenvalue weighted by atomic mass is 10.0. The third kappa shape index (κ3) is 4.42.